The second-order valence-electron chi connectivity index (χ2n) is 10.8. The smallest absolute Gasteiger partial charge is 0.239 e. The third-order valence-electron chi connectivity index (χ3n) is 7.46. The minimum Gasteiger partial charge on any atom is -0.341 e. The molecule has 0 saturated carbocycles. The first-order valence-electron chi connectivity index (χ1n) is 12.6. The third-order valence-corrected chi connectivity index (χ3v) is 7.83. The van der Waals surface area contributed by atoms with E-state index in [1.165, 1.54) is 12.0 Å². The van der Waals surface area contributed by atoms with Crippen LogP contribution in [0.1, 0.15) is 66.2 Å². The lowest BCUT2D eigenvalue weighted by Crippen LogP contribution is -2.56. The molecule has 3 nitrogen and oxygen atoms in total. The zero-order valence-corrected chi connectivity index (χ0v) is 21.3. The van der Waals surface area contributed by atoms with Gasteiger partial charge < -0.3 is 10.2 Å². The lowest BCUT2D eigenvalue weighted by atomic mass is 9.65. The predicted molar refractivity (Wildman–Crippen MR) is 137 cm³/mol. The van der Waals surface area contributed by atoms with Gasteiger partial charge in [-0.1, -0.05) is 70.2 Å². The molecule has 0 aromatic heterocycles. The fourth-order valence-electron chi connectivity index (χ4n) is 5.62. The zero-order valence-electron chi connectivity index (χ0n) is 20.5. The number of alkyl halides is 1. The number of likely N-dealkylation sites (tertiary alicyclic amines) is 1. The summed E-state index contributed by atoms with van der Waals surface area (Å²) in [7, 11) is 0. The van der Waals surface area contributed by atoms with Crippen LogP contribution in [0.2, 0.25) is 0 Å². The number of carbonyl (C=O) groups excluding carboxylic acids is 1. The Kier molecular flexibility index (Phi) is 9.25. The highest BCUT2D eigenvalue weighted by molar-refractivity contribution is 6.21. The molecular formula is C28H43ClN2O. The van der Waals surface area contributed by atoms with Gasteiger partial charge in [0.1, 0.15) is 0 Å². The molecule has 0 aromatic rings. The number of hydrogen-bond acceptors (Lipinski definition) is 2. The molecule has 4 heteroatoms. The van der Waals surface area contributed by atoms with E-state index in [4.69, 9.17) is 11.6 Å². The van der Waals surface area contributed by atoms with Crippen molar-refractivity contribution in [3.8, 4) is 0 Å². The zero-order chi connectivity index (χ0) is 23.1. The fraction of sp³-hybridized carbons (Fsp3) is 0.679. The van der Waals surface area contributed by atoms with E-state index in [0.717, 1.165) is 51.7 Å². The van der Waals surface area contributed by atoms with Gasteiger partial charge in [-0.05, 0) is 67.3 Å². The number of amides is 1. The van der Waals surface area contributed by atoms with Gasteiger partial charge in [-0.2, -0.15) is 0 Å². The molecule has 3 rings (SSSR count). The SMILES string of the molecule is CC(C)[C@@H](NCC=CCC1=CCCC=C1)C(=O)N1CCC(C2C=CC(Cl)CC2)C(C)(C)C1. The molecule has 1 heterocycles. The van der Waals surface area contributed by atoms with Gasteiger partial charge >= 0.3 is 0 Å². The van der Waals surface area contributed by atoms with E-state index in [0.29, 0.717) is 11.8 Å². The van der Waals surface area contributed by atoms with Gasteiger partial charge in [0, 0.05) is 19.6 Å². The number of hydrogen-bond donors (Lipinski definition) is 1. The van der Waals surface area contributed by atoms with Crippen LogP contribution in [0.3, 0.4) is 0 Å². The normalized spacial score (nSPS) is 28.9. The lowest BCUT2D eigenvalue weighted by Gasteiger charge is -2.48. The van der Waals surface area contributed by atoms with E-state index < -0.39 is 0 Å². The van der Waals surface area contributed by atoms with Crippen LogP contribution in [-0.2, 0) is 4.79 Å². The highest BCUT2D eigenvalue weighted by Gasteiger charge is 2.42. The Bertz CT molecular complexity index is 749. The Balaban J connectivity index is 1.52. The summed E-state index contributed by atoms with van der Waals surface area (Å²) in [5.41, 5.74) is 1.51. The third kappa shape index (κ3) is 6.84. The van der Waals surface area contributed by atoms with Crippen molar-refractivity contribution in [2.75, 3.05) is 19.6 Å². The first-order chi connectivity index (χ1) is 15.3. The number of piperidine rings is 1. The van der Waals surface area contributed by atoms with Crippen LogP contribution >= 0.6 is 11.6 Å². The number of rotatable bonds is 8. The van der Waals surface area contributed by atoms with Crippen LogP contribution in [0.4, 0.5) is 0 Å². The number of halogens is 1. The predicted octanol–water partition coefficient (Wildman–Crippen LogP) is 6.27. The Hall–Kier alpha value is -1.32. The first-order valence-corrected chi connectivity index (χ1v) is 13.1. The number of allylic oxidation sites excluding steroid dienone is 7. The molecule has 3 aliphatic rings. The molecule has 1 aliphatic heterocycles. The molecule has 1 saturated heterocycles. The van der Waals surface area contributed by atoms with Crippen molar-refractivity contribution >= 4 is 17.5 Å². The summed E-state index contributed by atoms with van der Waals surface area (Å²) in [6.45, 7) is 11.4. The van der Waals surface area contributed by atoms with Crippen molar-refractivity contribution in [3.63, 3.8) is 0 Å². The Morgan fingerprint density at radius 1 is 1.22 bits per heavy atom. The van der Waals surface area contributed by atoms with Crippen molar-refractivity contribution in [3.05, 3.63) is 48.1 Å². The molecule has 1 N–H and O–H groups in total. The highest BCUT2D eigenvalue weighted by atomic mass is 35.5. The number of nitrogens with one attached hydrogen (secondary N) is 1. The van der Waals surface area contributed by atoms with Crippen molar-refractivity contribution in [1.29, 1.82) is 0 Å². The largest absolute Gasteiger partial charge is 0.341 e. The molecule has 1 amide bonds. The van der Waals surface area contributed by atoms with E-state index in [9.17, 15) is 4.79 Å². The van der Waals surface area contributed by atoms with Gasteiger partial charge in [0.05, 0.1) is 11.4 Å². The number of carbonyl (C=O) groups is 1. The average molecular weight is 459 g/mol. The topological polar surface area (TPSA) is 32.3 Å². The van der Waals surface area contributed by atoms with Crippen LogP contribution in [-0.4, -0.2) is 41.9 Å². The Morgan fingerprint density at radius 3 is 2.66 bits per heavy atom. The molecule has 4 atom stereocenters. The second kappa shape index (κ2) is 11.7. The molecule has 32 heavy (non-hydrogen) atoms. The molecule has 0 aromatic carbocycles. The van der Waals surface area contributed by atoms with Crippen molar-refractivity contribution in [2.24, 2.45) is 23.2 Å². The molecule has 3 unspecified atom stereocenters. The van der Waals surface area contributed by atoms with Crippen molar-refractivity contribution in [1.82, 2.24) is 10.2 Å². The van der Waals surface area contributed by atoms with Crippen molar-refractivity contribution < 1.29 is 4.79 Å². The highest BCUT2D eigenvalue weighted by Crippen LogP contribution is 2.43. The first kappa shape index (κ1) is 25.3. The lowest BCUT2D eigenvalue weighted by molar-refractivity contribution is -0.139. The maximum atomic E-state index is 13.5. The summed E-state index contributed by atoms with van der Waals surface area (Å²) in [4.78, 5) is 15.6. The Labute approximate surface area is 201 Å². The number of nitrogens with zero attached hydrogens (tertiary/aromatic N) is 1. The van der Waals surface area contributed by atoms with Gasteiger partial charge in [0.25, 0.3) is 0 Å². The molecule has 0 bridgehead atoms. The maximum absolute atomic E-state index is 13.5. The van der Waals surface area contributed by atoms with Gasteiger partial charge in [-0.25, -0.2) is 0 Å². The second-order valence-corrected chi connectivity index (χ2v) is 11.4. The van der Waals surface area contributed by atoms with Crippen molar-refractivity contribution in [2.45, 2.75) is 77.6 Å². The Morgan fingerprint density at radius 2 is 2.03 bits per heavy atom. The van der Waals surface area contributed by atoms with E-state index in [1.54, 1.807) is 0 Å². The molecule has 0 spiro atoms. The molecule has 178 valence electrons. The molecular weight excluding hydrogens is 416 g/mol. The summed E-state index contributed by atoms with van der Waals surface area (Å²) in [6.07, 6.45) is 22.3. The van der Waals surface area contributed by atoms with Crippen LogP contribution in [0.5, 0.6) is 0 Å². The van der Waals surface area contributed by atoms with Gasteiger partial charge in [0.15, 0.2) is 0 Å². The monoisotopic (exact) mass is 458 g/mol. The van der Waals surface area contributed by atoms with Gasteiger partial charge in [0.2, 0.25) is 5.91 Å². The minimum atomic E-state index is -0.132. The van der Waals surface area contributed by atoms with E-state index in [-0.39, 0.29) is 28.7 Å². The summed E-state index contributed by atoms with van der Waals surface area (Å²) < 4.78 is 0. The average Bonchev–Trinajstić information content (AvgIpc) is 2.76. The maximum Gasteiger partial charge on any atom is 0.239 e. The summed E-state index contributed by atoms with van der Waals surface area (Å²) in [5.74, 6) is 1.74. The summed E-state index contributed by atoms with van der Waals surface area (Å²) in [6, 6.07) is -0.132. The van der Waals surface area contributed by atoms with E-state index in [1.807, 2.05) is 0 Å². The van der Waals surface area contributed by atoms with Crippen LogP contribution < -0.4 is 5.32 Å². The fourth-order valence-corrected chi connectivity index (χ4v) is 5.83. The van der Waals surface area contributed by atoms with E-state index in [2.05, 4.69) is 80.4 Å². The van der Waals surface area contributed by atoms with Gasteiger partial charge in [-0.15, -0.1) is 11.6 Å². The van der Waals surface area contributed by atoms with Gasteiger partial charge in [-0.3, -0.25) is 4.79 Å². The molecule has 1 fully saturated rings. The summed E-state index contributed by atoms with van der Waals surface area (Å²) in [5, 5.41) is 3.71. The molecule has 2 aliphatic carbocycles. The quantitative estimate of drug-likeness (QED) is 0.343. The minimum absolute atomic E-state index is 0.116. The van der Waals surface area contributed by atoms with Crippen LogP contribution in [0.15, 0.2) is 48.1 Å². The summed E-state index contributed by atoms with van der Waals surface area (Å²) >= 11 is 6.26. The van der Waals surface area contributed by atoms with Crippen LogP contribution in [0, 0.1) is 23.2 Å². The molecule has 0 radical (unpaired) electrons. The van der Waals surface area contributed by atoms with E-state index >= 15 is 0 Å². The standard InChI is InChI=1S/C28H43ClN2O/c1-21(2)26(30-18-9-8-12-22-10-6-5-7-11-22)27(32)31-19-17-25(28(3,4)20-31)23-13-15-24(29)16-14-23/h6,8-11,13,15,21,23-26,30H,5,7,12,14,16-20H2,1-4H3/t23?,24?,25?,26-/m1/s1. The van der Waals surface area contributed by atoms with Crippen LogP contribution in [0.25, 0.3) is 0 Å².